The van der Waals surface area contributed by atoms with Crippen molar-refractivity contribution in [2.75, 3.05) is 11.9 Å². The Morgan fingerprint density at radius 2 is 2.09 bits per heavy atom. The van der Waals surface area contributed by atoms with Crippen molar-refractivity contribution in [2.45, 2.75) is 39.7 Å². The zero-order valence-electron chi connectivity index (χ0n) is 14.2. The van der Waals surface area contributed by atoms with E-state index in [1.807, 2.05) is 0 Å². The van der Waals surface area contributed by atoms with Gasteiger partial charge in [0.05, 0.1) is 0 Å². The van der Waals surface area contributed by atoms with E-state index in [1.165, 1.54) is 48.5 Å². The summed E-state index contributed by atoms with van der Waals surface area (Å²) < 4.78 is 1.27. The topological polar surface area (TPSA) is 3.24 Å². The van der Waals surface area contributed by atoms with Crippen molar-refractivity contribution < 1.29 is 0 Å². The van der Waals surface area contributed by atoms with Gasteiger partial charge < -0.3 is 4.90 Å². The van der Waals surface area contributed by atoms with Gasteiger partial charge in [0.1, 0.15) is 0 Å². The van der Waals surface area contributed by atoms with Gasteiger partial charge >= 0.3 is 0 Å². The molecule has 1 nitrogen and oxygen atoms in total. The summed E-state index contributed by atoms with van der Waals surface area (Å²) in [5.74, 6) is 0. The van der Waals surface area contributed by atoms with E-state index in [0.717, 1.165) is 12.8 Å². The van der Waals surface area contributed by atoms with Crippen LogP contribution in [0.1, 0.15) is 39.2 Å². The summed E-state index contributed by atoms with van der Waals surface area (Å²) in [6.45, 7) is 6.79. The summed E-state index contributed by atoms with van der Waals surface area (Å²) in [5.41, 5.74) is 8.60. The fourth-order valence-corrected chi connectivity index (χ4v) is 4.85. The number of anilines is 1. The number of benzene rings is 1. The number of hydrogen-bond acceptors (Lipinski definition) is 1. The third-order valence-electron chi connectivity index (χ3n) is 5.68. The molecule has 1 unspecified atom stereocenters. The molecule has 0 aromatic heterocycles. The SMILES string of the molecule is CC1=Cc2c(Br)c3c(cc2=C1CC1=CC=CC1)N(C)C(C)C=3C. The van der Waals surface area contributed by atoms with E-state index in [2.05, 4.69) is 79.0 Å². The van der Waals surface area contributed by atoms with Crippen molar-refractivity contribution in [3.63, 3.8) is 0 Å². The first-order chi connectivity index (χ1) is 11.0. The molecule has 0 fully saturated rings. The molecule has 118 valence electrons. The second-order valence-electron chi connectivity index (χ2n) is 6.96. The van der Waals surface area contributed by atoms with Gasteiger partial charge in [-0.25, -0.2) is 0 Å². The molecule has 3 aliphatic rings. The predicted molar refractivity (Wildman–Crippen MR) is 104 cm³/mol. The predicted octanol–water partition coefficient (Wildman–Crippen LogP) is 4.30. The van der Waals surface area contributed by atoms with Gasteiger partial charge in [-0.05, 0) is 89.2 Å². The minimum Gasteiger partial charge on any atom is -0.368 e. The maximum absolute atomic E-state index is 3.91. The standard InChI is InChI=1S/C21H22BrN/c1-12-9-18-17(16(12)10-15-7-5-6-8-15)11-19-20(21(18)22)13(2)14(3)23(19)4/h5-7,9,11,14H,8,10H2,1-4H3. The molecule has 0 spiro atoms. The summed E-state index contributed by atoms with van der Waals surface area (Å²) in [4.78, 5) is 2.40. The fourth-order valence-electron chi connectivity index (χ4n) is 4.00. The van der Waals surface area contributed by atoms with Crippen molar-refractivity contribution >= 4 is 38.8 Å². The van der Waals surface area contributed by atoms with Crippen LogP contribution in [0.3, 0.4) is 0 Å². The average Bonchev–Trinajstić information content (AvgIpc) is 3.19. The van der Waals surface area contributed by atoms with Gasteiger partial charge in [0.15, 0.2) is 0 Å². The van der Waals surface area contributed by atoms with Gasteiger partial charge in [-0.2, -0.15) is 0 Å². The molecule has 4 rings (SSSR count). The number of hydrogen-bond donors (Lipinski definition) is 0. The monoisotopic (exact) mass is 367 g/mol. The normalized spacial score (nSPS) is 21.8. The Balaban J connectivity index is 1.96. The molecule has 1 heterocycles. The maximum Gasteiger partial charge on any atom is 0.0478 e. The summed E-state index contributed by atoms with van der Waals surface area (Å²) >= 11 is 3.91. The maximum atomic E-state index is 3.91. The lowest BCUT2D eigenvalue weighted by Crippen LogP contribution is -2.26. The van der Waals surface area contributed by atoms with E-state index >= 15 is 0 Å². The molecular weight excluding hydrogens is 346 g/mol. The van der Waals surface area contributed by atoms with Crippen molar-refractivity contribution in [2.24, 2.45) is 0 Å². The molecule has 0 bridgehead atoms. The smallest absolute Gasteiger partial charge is 0.0478 e. The van der Waals surface area contributed by atoms with Crippen LogP contribution in [-0.4, -0.2) is 13.1 Å². The number of nitrogens with zero attached hydrogens (tertiary/aromatic N) is 1. The highest BCUT2D eigenvalue weighted by Gasteiger charge is 2.26. The molecule has 0 saturated carbocycles. The first-order valence-corrected chi connectivity index (χ1v) is 9.11. The zero-order valence-corrected chi connectivity index (χ0v) is 15.8. The summed E-state index contributed by atoms with van der Waals surface area (Å²) in [6.07, 6.45) is 11.2. The van der Waals surface area contributed by atoms with E-state index in [9.17, 15) is 0 Å². The molecule has 2 heteroatoms. The molecule has 1 atom stereocenters. The van der Waals surface area contributed by atoms with Gasteiger partial charge in [0, 0.05) is 28.5 Å². The lowest BCUT2D eigenvalue weighted by Gasteiger charge is -2.21. The lowest BCUT2D eigenvalue weighted by atomic mass is 9.99. The van der Waals surface area contributed by atoms with Crippen LogP contribution in [0.5, 0.6) is 0 Å². The molecule has 0 radical (unpaired) electrons. The van der Waals surface area contributed by atoms with Crippen LogP contribution in [0, 0.1) is 0 Å². The highest BCUT2D eigenvalue weighted by atomic mass is 79.9. The van der Waals surface area contributed by atoms with Gasteiger partial charge in [-0.1, -0.05) is 23.8 Å². The molecule has 0 saturated heterocycles. The fraction of sp³-hybridized carbons (Fsp3) is 0.333. The van der Waals surface area contributed by atoms with Crippen LogP contribution in [0.25, 0.3) is 17.2 Å². The van der Waals surface area contributed by atoms with Gasteiger partial charge in [-0.15, -0.1) is 0 Å². The molecule has 1 aromatic rings. The highest BCUT2D eigenvalue weighted by Crippen LogP contribution is 2.33. The molecular formula is C21H22BrN. The Labute approximate surface area is 146 Å². The van der Waals surface area contributed by atoms with E-state index in [4.69, 9.17) is 0 Å². The van der Waals surface area contributed by atoms with Crippen LogP contribution in [0.4, 0.5) is 5.69 Å². The second kappa shape index (κ2) is 5.24. The third-order valence-corrected chi connectivity index (χ3v) is 6.50. The van der Waals surface area contributed by atoms with Crippen LogP contribution >= 0.6 is 15.9 Å². The van der Waals surface area contributed by atoms with Crippen LogP contribution in [0.2, 0.25) is 0 Å². The number of halogens is 1. The average molecular weight is 368 g/mol. The molecule has 23 heavy (non-hydrogen) atoms. The summed E-state index contributed by atoms with van der Waals surface area (Å²) in [5, 5.41) is 2.81. The molecule has 0 N–H and O–H groups in total. The first-order valence-electron chi connectivity index (χ1n) is 8.31. The summed E-state index contributed by atoms with van der Waals surface area (Å²) in [7, 11) is 2.21. The molecule has 1 aliphatic heterocycles. The van der Waals surface area contributed by atoms with Crippen molar-refractivity contribution in [1.82, 2.24) is 0 Å². The van der Waals surface area contributed by atoms with Gasteiger partial charge in [-0.3, -0.25) is 0 Å². The Morgan fingerprint density at radius 3 is 2.78 bits per heavy atom. The zero-order chi connectivity index (χ0) is 16.3. The van der Waals surface area contributed by atoms with Crippen LogP contribution in [0.15, 0.2) is 39.9 Å². The Morgan fingerprint density at radius 1 is 1.30 bits per heavy atom. The highest BCUT2D eigenvalue weighted by molar-refractivity contribution is 9.10. The Kier molecular flexibility index (Phi) is 3.42. The van der Waals surface area contributed by atoms with E-state index in [-0.39, 0.29) is 0 Å². The van der Waals surface area contributed by atoms with E-state index < -0.39 is 0 Å². The number of allylic oxidation sites excluding steroid dienone is 5. The quantitative estimate of drug-likeness (QED) is 0.752. The molecule has 2 aliphatic carbocycles. The minimum absolute atomic E-state index is 0.471. The molecule has 0 amide bonds. The Hall–Kier alpha value is -1.54. The number of rotatable bonds is 2. The third kappa shape index (κ3) is 2.11. The van der Waals surface area contributed by atoms with Gasteiger partial charge in [0.25, 0.3) is 0 Å². The second-order valence-corrected chi connectivity index (χ2v) is 7.75. The Bertz CT molecular complexity index is 928. The van der Waals surface area contributed by atoms with Gasteiger partial charge in [0.2, 0.25) is 0 Å². The largest absolute Gasteiger partial charge is 0.368 e. The molecule has 1 aromatic carbocycles. The van der Waals surface area contributed by atoms with Crippen LogP contribution < -0.4 is 15.3 Å². The van der Waals surface area contributed by atoms with Crippen molar-refractivity contribution in [3.05, 3.63) is 55.9 Å². The van der Waals surface area contributed by atoms with Crippen LogP contribution in [-0.2, 0) is 0 Å². The van der Waals surface area contributed by atoms with Crippen molar-refractivity contribution in [3.8, 4) is 0 Å². The van der Waals surface area contributed by atoms with Crippen molar-refractivity contribution in [1.29, 1.82) is 0 Å². The van der Waals surface area contributed by atoms with E-state index in [0.29, 0.717) is 6.04 Å². The van der Waals surface area contributed by atoms with E-state index in [1.54, 1.807) is 0 Å². The number of fused-ring (bicyclic) bond motifs is 2. The lowest BCUT2D eigenvalue weighted by molar-refractivity contribution is 0.857. The first kappa shape index (κ1) is 15.0. The summed E-state index contributed by atoms with van der Waals surface area (Å²) in [6, 6.07) is 2.88. The minimum atomic E-state index is 0.471.